The zero-order chi connectivity index (χ0) is 9.56. The minimum absolute atomic E-state index is 0.0239. The number of nitrogens with two attached hydrogens (primary N) is 1. The summed E-state index contributed by atoms with van der Waals surface area (Å²) in [4.78, 5) is 11.0. The van der Waals surface area contributed by atoms with Crippen molar-refractivity contribution in [2.24, 2.45) is 5.73 Å². The summed E-state index contributed by atoms with van der Waals surface area (Å²) in [5.74, 6) is -0.0474. The number of amides is 1. The van der Waals surface area contributed by atoms with Crippen LogP contribution >= 0.6 is 0 Å². The minimum atomic E-state index is -0.161. The highest BCUT2D eigenvalue weighted by atomic mass is 16.3. The van der Waals surface area contributed by atoms with Crippen LogP contribution in [0.1, 0.15) is 26.7 Å². The Labute approximate surface area is 73.1 Å². The molecule has 0 aliphatic heterocycles. The van der Waals surface area contributed by atoms with Crippen molar-refractivity contribution in [2.75, 3.05) is 6.61 Å². The van der Waals surface area contributed by atoms with Gasteiger partial charge in [0.15, 0.2) is 0 Å². The van der Waals surface area contributed by atoms with Gasteiger partial charge in [0.05, 0.1) is 6.61 Å². The Morgan fingerprint density at radius 2 is 2.17 bits per heavy atom. The molecule has 4 N–H and O–H groups in total. The van der Waals surface area contributed by atoms with Gasteiger partial charge in [-0.15, -0.1) is 0 Å². The molecule has 0 rings (SSSR count). The quantitative estimate of drug-likeness (QED) is 0.531. The molecular weight excluding hydrogens is 156 g/mol. The maximum absolute atomic E-state index is 11.0. The van der Waals surface area contributed by atoms with E-state index >= 15 is 0 Å². The number of aliphatic hydroxyl groups excluding tert-OH is 1. The predicted molar refractivity (Wildman–Crippen MR) is 47.6 cm³/mol. The second-order valence-electron chi connectivity index (χ2n) is 3.17. The summed E-state index contributed by atoms with van der Waals surface area (Å²) in [6.45, 7) is 3.59. The normalized spacial score (nSPS) is 15.3. The second-order valence-corrected chi connectivity index (χ2v) is 3.17. The van der Waals surface area contributed by atoms with Crippen LogP contribution in [0.5, 0.6) is 0 Å². The minimum Gasteiger partial charge on any atom is -0.394 e. The fraction of sp³-hybridized carbons (Fsp3) is 0.875. The number of rotatable bonds is 5. The third-order valence-corrected chi connectivity index (χ3v) is 1.51. The summed E-state index contributed by atoms with van der Waals surface area (Å²) < 4.78 is 0. The summed E-state index contributed by atoms with van der Waals surface area (Å²) in [7, 11) is 0. The van der Waals surface area contributed by atoms with Gasteiger partial charge in [0.1, 0.15) is 0 Å². The third-order valence-electron chi connectivity index (χ3n) is 1.51. The predicted octanol–water partition coefficient (Wildman–Crippen LogP) is -0.389. The maximum atomic E-state index is 11.0. The van der Waals surface area contributed by atoms with Crippen LogP contribution in [-0.2, 0) is 4.79 Å². The van der Waals surface area contributed by atoms with Crippen molar-refractivity contribution in [3.05, 3.63) is 0 Å². The molecule has 1 unspecified atom stereocenters. The van der Waals surface area contributed by atoms with Crippen molar-refractivity contribution in [1.82, 2.24) is 5.32 Å². The number of nitrogens with one attached hydrogen (secondary N) is 1. The smallest absolute Gasteiger partial charge is 0.220 e. The molecule has 2 atom stereocenters. The van der Waals surface area contributed by atoms with Crippen molar-refractivity contribution in [3.63, 3.8) is 0 Å². The van der Waals surface area contributed by atoms with Crippen molar-refractivity contribution >= 4 is 5.91 Å². The molecule has 72 valence electrons. The van der Waals surface area contributed by atoms with Gasteiger partial charge in [-0.1, -0.05) is 0 Å². The van der Waals surface area contributed by atoms with Crippen molar-refractivity contribution in [3.8, 4) is 0 Å². The Morgan fingerprint density at radius 1 is 1.58 bits per heavy atom. The molecule has 4 heteroatoms. The van der Waals surface area contributed by atoms with Gasteiger partial charge >= 0.3 is 0 Å². The van der Waals surface area contributed by atoms with Crippen LogP contribution < -0.4 is 11.1 Å². The van der Waals surface area contributed by atoms with Crippen molar-refractivity contribution < 1.29 is 9.90 Å². The molecule has 0 spiro atoms. The standard InChI is InChI=1S/C8H18N2O2/c1-6(9)3-4-8(12)10-7(2)5-11/h6-7,11H,3-5,9H2,1-2H3,(H,10,12)/t6?,7-/m1/s1. The van der Waals surface area contributed by atoms with E-state index in [9.17, 15) is 4.79 Å². The first-order chi connectivity index (χ1) is 5.56. The van der Waals surface area contributed by atoms with Crippen molar-refractivity contribution in [1.29, 1.82) is 0 Å². The SMILES string of the molecule is CC(N)CCC(=O)N[C@H](C)CO. The largest absolute Gasteiger partial charge is 0.394 e. The molecular formula is C8H18N2O2. The van der Waals surface area contributed by atoms with Crippen LogP contribution in [0.4, 0.5) is 0 Å². The lowest BCUT2D eigenvalue weighted by molar-refractivity contribution is -0.122. The molecule has 0 aromatic carbocycles. The molecule has 0 aliphatic carbocycles. The highest BCUT2D eigenvalue weighted by Crippen LogP contribution is 1.93. The van der Waals surface area contributed by atoms with Gasteiger partial charge in [0.25, 0.3) is 0 Å². The number of carbonyl (C=O) groups excluding carboxylic acids is 1. The Kier molecular flexibility index (Phi) is 5.66. The van der Waals surface area contributed by atoms with E-state index in [1.807, 2.05) is 6.92 Å². The summed E-state index contributed by atoms with van der Waals surface area (Å²) >= 11 is 0. The number of aliphatic hydroxyl groups is 1. The first-order valence-corrected chi connectivity index (χ1v) is 4.22. The molecule has 1 amide bonds. The number of hydrogen-bond acceptors (Lipinski definition) is 3. The molecule has 0 aromatic heterocycles. The fourth-order valence-electron chi connectivity index (χ4n) is 0.751. The van der Waals surface area contributed by atoms with Gasteiger partial charge in [0, 0.05) is 18.5 Å². The van der Waals surface area contributed by atoms with Crippen LogP contribution in [0.25, 0.3) is 0 Å². The van der Waals surface area contributed by atoms with E-state index in [1.54, 1.807) is 6.92 Å². The fourth-order valence-corrected chi connectivity index (χ4v) is 0.751. The lowest BCUT2D eigenvalue weighted by Gasteiger charge is -2.11. The van der Waals surface area contributed by atoms with Gasteiger partial charge in [-0.25, -0.2) is 0 Å². The van der Waals surface area contributed by atoms with E-state index in [4.69, 9.17) is 10.8 Å². The Morgan fingerprint density at radius 3 is 2.58 bits per heavy atom. The maximum Gasteiger partial charge on any atom is 0.220 e. The molecule has 0 radical (unpaired) electrons. The first kappa shape index (κ1) is 11.4. The average molecular weight is 174 g/mol. The summed E-state index contributed by atoms with van der Waals surface area (Å²) in [5.41, 5.74) is 5.47. The van der Waals surface area contributed by atoms with E-state index in [1.165, 1.54) is 0 Å². The van der Waals surface area contributed by atoms with Gasteiger partial charge in [-0.3, -0.25) is 4.79 Å². The molecule has 4 nitrogen and oxygen atoms in total. The van der Waals surface area contributed by atoms with Crippen LogP contribution in [0.3, 0.4) is 0 Å². The number of carbonyl (C=O) groups is 1. The van der Waals surface area contributed by atoms with Crippen LogP contribution in [0.15, 0.2) is 0 Å². The average Bonchev–Trinajstić information content (AvgIpc) is 2.00. The molecule has 0 fully saturated rings. The van der Waals surface area contributed by atoms with E-state index in [0.717, 1.165) is 0 Å². The molecule has 0 bridgehead atoms. The highest BCUT2D eigenvalue weighted by Gasteiger charge is 2.06. The van der Waals surface area contributed by atoms with Crippen LogP contribution in [0.2, 0.25) is 0 Å². The zero-order valence-electron chi connectivity index (χ0n) is 7.71. The summed E-state index contributed by atoms with van der Waals surface area (Å²) in [6, 6.07) is -0.106. The lowest BCUT2D eigenvalue weighted by Crippen LogP contribution is -2.35. The summed E-state index contributed by atoms with van der Waals surface area (Å²) in [6.07, 6.45) is 1.12. The molecule has 0 aromatic rings. The zero-order valence-corrected chi connectivity index (χ0v) is 7.71. The molecule has 0 heterocycles. The Balaban J connectivity index is 3.46. The van der Waals surface area contributed by atoms with E-state index in [0.29, 0.717) is 12.8 Å². The van der Waals surface area contributed by atoms with Gasteiger partial charge < -0.3 is 16.2 Å². The van der Waals surface area contributed by atoms with E-state index in [-0.39, 0.29) is 24.6 Å². The monoisotopic (exact) mass is 174 g/mol. The Bertz CT molecular complexity index is 137. The molecule has 0 saturated heterocycles. The summed E-state index contributed by atoms with van der Waals surface area (Å²) in [5, 5.41) is 11.3. The second kappa shape index (κ2) is 5.97. The molecule has 12 heavy (non-hydrogen) atoms. The van der Waals surface area contributed by atoms with Crippen LogP contribution in [0, 0.1) is 0 Å². The van der Waals surface area contributed by atoms with Gasteiger partial charge in [-0.05, 0) is 20.3 Å². The van der Waals surface area contributed by atoms with E-state index in [2.05, 4.69) is 5.32 Å². The highest BCUT2D eigenvalue weighted by molar-refractivity contribution is 5.76. The van der Waals surface area contributed by atoms with E-state index < -0.39 is 0 Å². The number of hydrogen-bond donors (Lipinski definition) is 3. The first-order valence-electron chi connectivity index (χ1n) is 4.22. The topological polar surface area (TPSA) is 75.4 Å². The Hall–Kier alpha value is -0.610. The molecule has 0 aliphatic rings. The third kappa shape index (κ3) is 6.12. The van der Waals surface area contributed by atoms with Crippen LogP contribution in [-0.4, -0.2) is 29.7 Å². The lowest BCUT2D eigenvalue weighted by atomic mass is 10.2. The van der Waals surface area contributed by atoms with Gasteiger partial charge in [0.2, 0.25) is 5.91 Å². The molecule has 0 saturated carbocycles. The van der Waals surface area contributed by atoms with Crippen molar-refractivity contribution in [2.45, 2.75) is 38.8 Å². The van der Waals surface area contributed by atoms with Gasteiger partial charge in [-0.2, -0.15) is 0 Å².